The molecule has 0 N–H and O–H groups in total. The smallest absolute Gasteiger partial charge is 0.287 e. The minimum absolute atomic E-state index is 0.0421. The normalized spacial score (nSPS) is 11.9. The van der Waals surface area contributed by atoms with Crippen molar-refractivity contribution in [3.63, 3.8) is 0 Å². The molecule has 0 aromatic carbocycles. The molecule has 2 heterocycles. The van der Waals surface area contributed by atoms with Crippen LogP contribution in [0.15, 0.2) is 12.4 Å². The molecule has 8 heteroatoms. The van der Waals surface area contributed by atoms with Gasteiger partial charge in [-0.25, -0.2) is 15.0 Å². The molecule has 96 valence electrons. The third-order valence-electron chi connectivity index (χ3n) is 2.43. The standard InChI is InChI=1S/C10H8ClF3N4/c1-5-6(2)18(4-15-5)8-3-7(11)16-9(17-8)10(12,13)14/h3-4H,1-2H3. The molecule has 18 heavy (non-hydrogen) atoms. The molecule has 2 aromatic rings. The molecular weight excluding hydrogens is 269 g/mol. The van der Waals surface area contributed by atoms with Gasteiger partial charge in [-0.15, -0.1) is 0 Å². The van der Waals surface area contributed by atoms with Crippen LogP contribution in [0.2, 0.25) is 5.15 Å². The minimum atomic E-state index is -4.64. The van der Waals surface area contributed by atoms with Crippen molar-refractivity contribution in [2.75, 3.05) is 0 Å². The molecule has 0 spiro atoms. The number of hydrogen-bond donors (Lipinski definition) is 0. The molecule has 0 aliphatic carbocycles. The van der Waals surface area contributed by atoms with Crippen LogP contribution >= 0.6 is 11.6 Å². The fourth-order valence-corrected chi connectivity index (χ4v) is 1.56. The Bertz CT molecular complexity index is 591. The highest BCUT2D eigenvalue weighted by Gasteiger charge is 2.35. The second-order valence-electron chi connectivity index (χ2n) is 3.66. The lowest BCUT2D eigenvalue weighted by Gasteiger charge is -2.09. The van der Waals surface area contributed by atoms with Crippen molar-refractivity contribution in [3.8, 4) is 5.82 Å². The molecule has 0 aliphatic rings. The van der Waals surface area contributed by atoms with Crippen LogP contribution in [0.5, 0.6) is 0 Å². The number of aryl methyl sites for hydroxylation is 1. The van der Waals surface area contributed by atoms with Gasteiger partial charge in [0.25, 0.3) is 0 Å². The van der Waals surface area contributed by atoms with Crippen molar-refractivity contribution < 1.29 is 13.2 Å². The van der Waals surface area contributed by atoms with Gasteiger partial charge in [-0.1, -0.05) is 11.6 Å². The van der Waals surface area contributed by atoms with Crippen LogP contribution in [-0.2, 0) is 6.18 Å². The van der Waals surface area contributed by atoms with E-state index in [1.807, 2.05) is 0 Å². The van der Waals surface area contributed by atoms with Crippen molar-refractivity contribution in [2.24, 2.45) is 0 Å². The van der Waals surface area contributed by atoms with Crippen molar-refractivity contribution in [1.82, 2.24) is 19.5 Å². The van der Waals surface area contributed by atoms with Gasteiger partial charge in [-0.2, -0.15) is 13.2 Å². The summed E-state index contributed by atoms with van der Waals surface area (Å²) in [7, 11) is 0. The maximum Gasteiger partial charge on any atom is 0.451 e. The molecule has 0 atom stereocenters. The molecular formula is C10H8ClF3N4. The van der Waals surface area contributed by atoms with E-state index in [0.29, 0.717) is 11.4 Å². The Morgan fingerprint density at radius 1 is 1.22 bits per heavy atom. The van der Waals surface area contributed by atoms with Gasteiger partial charge >= 0.3 is 6.18 Å². The van der Waals surface area contributed by atoms with Crippen LogP contribution in [0.4, 0.5) is 13.2 Å². The first-order valence-electron chi connectivity index (χ1n) is 4.91. The fraction of sp³-hybridized carbons (Fsp3) is 0.300. The van der Waals surface area contributed by atoms with Crippen LogP contribution in [0.1, 0.15) is 17.2 Å². The molecule has 0 saturated heterocycles. The molecule has 0 bridgehead atoms. The van der Waals surface area contributed by atoms with Crippen LogP contribution in [-0.4, -0.2) is 19.5 Å². The molecule has 2 rings (SSSR count). The van der Waals surface area contributed by atoms with Gasteiger partial charge < -0.3 is 0 Å². The van der Waals surface area contributed by atoms with Crippen LogP contribution in [0, 0.1) is 13.8 Å². The van der Waals surface area contributed by atoms with Crippen molar-refractivity contribution in [1.29, 1.82) is 0 Å². The topological polar surface area (TPSA) is 43.6 Å². The highest BCUT2D eigenvalue weighted by Crippen LogP contribution is 2.28. The quantitative estimate of drug-likeness (QED) is 0.752. The van der Waals surface area contributed by atoms with Gasteiger partial charge in [0.05, 0.1) is 5.69 Å². The lowest BCUT2D eigenvalue weighted by Crippen LogP contribution is -2.13. The monoisotopic (exact) mass is 276 g/mol. The maximum absolute atomic E-state index is 12.6. The number of rotatable bonds is 1. The summed E-state index contributed by atoms with van der Waals surface area (Å²) in [6, 6.07) is 1.25. The van der Waals surface area contributed by atoms with Gasteiger partial charge in [0.15, 0.2) is 0 Å². The van der Waals surface area contributed by atoms with Gasteiger partial charge in [0.1, 0.15) is 17.3 Å². The zero-order valence-corrected chi connectivity index (χ0v) is 10.2. The highest BCUT2D eigenvalue weighted by molar-refractivity contribution is 6.29. The first kappa shape index (κ1) is 12.8. The number of halogens is 4. The number of hydrogen-bond acceptors (Lipinski definition) is 3. The Balaban J connectivity index is 2.59. The van der Waals surface area contributed by atoms with Crippen LogP contribution in [0.3, 0.4) is 0 Å². The van der Waals surface area contributed by atoms with E-state index in [1.54, 1.807) is 13.8 Å². The Labute approximate surface area is 105 Å². The van der Waals surface area contributed by atoms with Crippen LogP contribution < -0.4 is 0 Å². The van der Waals surface area contributed by atoms with E-state index in [4.69, 9.17) is 11.6 Å². The minimum Gasteiger partial charge on any atom is -0.287 e. The first-order chi connectivity index (χ1) is 8.29. The summed E-state index contributed by atoms with van der Waals surface area (Å²) in [5, 5.41) is -0.266. The average molecular weight is 277 g/mol. The van der Waals surface area contributed by atoms with E-state index in [9.17, 15) is 13.2 Å². The van der Waals surface area contributed by atoms with E-state index in [2.05, 4.69) is 15.0 Å². The van der Waals surface area contributed by atoms with E-state index in [0.717, 1.165) is 0 Å². The Kier molecular flexibility index (Phi) is 3.02. The van der Waals surface area contributed by atoms with E-state index < -0.39 is 12.0 Å². The van der Waals surface area contributed by atoms with Gasteiger partial charge in [-0.05, 0) is 13.8 Å². The number of aromatic nitrogens is 4. The molecule has 2 aromatic heterocycles. The lowest BCUT2D eigenvalue weighted by molar-refractivity contribution is -0.145. The number of imidazole rings is 1. The zero-order chi connectivity index (χ0) is 13.5. The van der Waals surface area contributed by atoms with Gasteiger partial charge in [0.2, 0.25) is 5.82 Å². The number of nitrogens with zero attached hydrogens (tertiary/aromatic N) is 4. The predicted molar refractivity (Wildman–Crippen MR) is 58.6 cm³/mol. The third-order valence-corrected chi connectivity index (χ3v) is 2.63. The zero-order valence-electron chi connectivity index (χ0n) is 9.46. The van der Waals surface area contributed by atoms with Gasteiger partial charge in [-0.3, -0.25) is 4.57 Å². The summed E-state index contributed by atoms with van der Waals surface area (Å²) < 4.78 is 39.1. The summed E-state index contributed by atoms with van der Waals surface area (Å²) in [4.78, 5) is 10.6. The molecule has 0 unspecified atom stereocenters. The third kappa shape index (κ3) is 2.31. The first-order valence-corrected chi connectivity index (χ1v) is 5.29. The number of alkyl halides is 3. The summed E-state index contributed by atoms with van der Waals surface area (Å²) in [5.41, 5.74) is 1.40. The van der Waals surface area contributed by atoms with Crippen molar-refractivity contribution >= 4 is 11.6 Å². The van der Waals surface area contributed by atoms with E-state index >= 15 is 0 Å². The summed E-state index contributed by atoms with van der Waals surface area (Å²) >= 11 is 5.58. The van der Waals surface area contributed by atoms with E-state index in [1.165, 1.54) is 17.0 Å². The molecule has 0 saturated carbocycles. The summed E-state index contributed by atoms with van der Waals surface area (Å²) in [6.45, 7) is 3.48. The Hall–Kier alpha value is -1.63. The van der Waals surface area contributed by atoms with Crippen molar-refractivity contribution in [3.05, 3.63) is 34.8 Å². The van der Waals surface area contributed by atoms with Crippen molar-refractivity contribution in [2.45, 2.75) is 20.0 Å². The maximum atomic E-state index is 12.6. The molecule has 0 amide bonds. The Morgan fingerprint density at radius 2 is 1.89 bits per heavy atom. The SMILES string of the molecule is Cc1ncn(-c2cc(Cl)nc(C(F)(F)F)n2)c1C. The highest BCUT2D eigenvalue weighted by atomic mass is 35.5. The lowest BCUT2D eigenvalue weighted by atomic mass is 10.4. The molecule has 0 fully saturated rings. The predicted octanol–water partition coefficient (Wildman–Crippen LogP) is 2.95. The van der Waals surface area contributed by atoms with E-state index in [-0.39, 0.29) is 11.0 Å². The summed E-state index contributed by atoms with van der Waals surface area (Å²) in [6.07, 6.45) is -3.24. The molecule has 4 nitrogen and oxygen atoms in total. The van der Waals surface area contributed by atoms with Crippen LogP contribution in [0.25, 0.3) is 5.82 Å². The molecule has 0 aliphatic heterocycles. The summed E-state index contributed by atoms with van der Waals surface area (Å²) in [5.74, 6) is -1.23. The second kappa shape index (κ2) is 4.24. The Morgan fingerprint density at radius 3 is 2.39 bits per heavy atom. The van der Waals surface area contributed by atoms with Gasteiger partial charge in [0, 0.05) is 11.8 Å². The largest absolute Gasteiger partial charge is 0.451 e. The second-order valence-corrected chi connectivity index (χ2v) is 4.04. The molecule has 0 radical (unpaired) electrons. The average Bonchev–Trinajstić information content (AvgIpc) is 2.58. The fourth-order valence-electron chi connectivity index (χ4n) is 1.39.